The van der Waals surface area contributed by atoms with Crippen molar-refractivity contribution in [1.82, 2.24) is 15.1 Å². The second kappa shape index (κ2) is 5.52. The molecule has 1 fully saturated rings. The van der Waals surface area contributed by atoms with Crippen molar-refractivity contribution in [2.45, 2.75) is 44.1 Å². The Kier molecular flexibility index (Phi) is 4.01. The topological polar surface area (TPSA) is 59.0 Å². The minimum atomic E-state index is -0.0130. The van der Waals surface area contributed by atoms with Gasteiger partial charge in [0.25, 0.3) is 0 Å². The molecule has 5 nitrogen and oxygen atoms in total. The molecular weight excluding hydrogens is 228 g/mol. The highest BCUT2D eigenvalue weighted by Gasteiger charge is 2.32. The summed E-state index contributed by atoms with van der Waals surface area (Å²) in [6.45, 7) is 0. The maximum atomic E-state index is 12.1. The summed E-state index contributed by atoms with van der Waals surface area (Å²) in [5.74, 6) is 0.817. The minimum Gasteiger partial charge on any atom is -0.314 e. The Labute approximate surface area is 108 Å². The van der Waals surface area contributed by atoms with Crippen LogP contribution in [-0.4, -0.2) is 28.3 Å². The summed E-state index contributed by atoms with van der Waals surface area (Å²) in [4.78, 5) is 12.1. The molecule has 1 aliphatic rings. The van der Waals surface area contributed by atoms with E-state index in [0.717, 1.165) is 18.7 Å². The van der Waals surface area contributed by atoms with E-state index < -0.39 is 0 Å². The van der Waals surface area contributed by atoms with Gasteiger partial charge in [-0.25, -0.2) is 0 Å². The molecule has 0 aromatic carbocycles. The van der Waals surface area contributed by atoms with E-state index >= 15 is 0 Å². The maximum Gasteiger partial charge on any atom is 0.227 e. The molecule has 0 bridgehead atoms. The van der Waals surface area contributed by atoms with Crippen molar-refractivity contribution in [2.75, 3.05) is 12.4 Å². The van der Waals surface area contributed by atoms with Gasteiger partial charge in [-0.1, -0.05) is 19.3 Å². The molecule has 1 aromatic rings. The van der Waals surface area contributed by atoms with Crippen LogP contribution in [0.2, 0.25) is 0 Å². The largest absolute Gasteiger partial charge is 0.314 e. The minimum absolute atomic E-state index is 0.0130. The number of carbonyl (C=O) groups excluding carboxylic acids is 1. The predicted octanol–water partition coefficient (Wildman–Crippen LogP) is 1.67. The van der Waals surface area contributed by atoms with Crippen molar-refractivity contribution >= 4 is 11.7 Å². The van der Waals surface area contributed by atoms with Crippen molar-refractivity contribution in [2.24, 2.45) is 7.05 Å². The lowest BCUT2D eigenvalue weighted by molar-refractivity contribution is -0.118. The first-order chi connectivity index (χ1) is 8.65. The molecule has 0 atom stereocenters. The van der Waals surface area contributed by atoms with E-state index in [1.165, 1.54) is 19.3 Å². The van der Waals surface area contributed by atoms with Crippen LogP contribution in [0.25, 0.3) is 0 Å². The number of nitrogens with one attached hydrogen (secondary N) is 2. The molecule has 5 heteroatoms. The van der Waals surface area contributed by atoms with Gasteiger partial charge >= 0.3 is 0 Å². The highest BCUT2D eigenvalue weighted by atomic mass is 16.1. The van der Waals surface area contributed by atoms with Crippen LogP contribution in [-0.2, 0) is 11.8 Å². The van der Waals surface area contributed by atoms with Gasteiger partial charge in [-0.2, -0.15) is 5.10 Å². The van der Waals surface area contributed by atoms with Crippen LogP contribution in [0.4, 0.5) is 5.82 Å². The molecule has 0 saturated heterocycles. The number of aromatic nitrogens is 2. The highest BCUT2D eigenvalue weighted by molar-refractivity contribution is 5.90. The van der Waals surface area contributed by atoms with Gasteiger partial charge in [0.15, 0.2) is 0 Å². The standard InChI is InChI=1S/C13H22N4O/c1-14-13(7-4-3-5-8-13)10-12(18)16-11-6-9-15-17(11)2/h6,9,14H,3-5,7-8,10H2,1-2H3,(H,16,18). The fourth-order valence-corrected chi connectivity index (χ4v) is 2.73. The van der Waals surface area contributed by atoms with Crippen LogP contribution in [0.15, 0.2) is 12.3 Å². The number of hydrogen-bond donors (Lipinski definition) is 2. The van der Waals surface area contributed by atoms with Crippen molar-refractivity contribution < 1.29 is 4.79 Å². The van der Waals surface area contributed by atoms with Crippen LogP contribution in [0.3, 0.4) is 0 Å². The molecule has 2 N–H and O–H groups in total. The highest BCUT2D eigenvalue weighted by Crippen LogP contribution is 2.30. The Morgan fingerprint density at radius 3 is 2.72 bits per heavy atom. The van der Waals surface area contributed by atoms with Crippen molar-refractivity contribution in [1.29, 1.82) is 0 Å². The third-order valence-electron chi connectivity index (χ3n) is 3.93. The third-order valence-corrected chi connectivity index (χ3v) is 3.93. The lowest BCUT2D eigenvalue weighted by Crippen LogP contribution is -2.47. The molecule has 100 valence electrons. The van der Waals surface area contributed by atoms with Gasteiger partial charge in [0.1, 0.15) is 5.82 Å². The van der Waals surface area contributed by atoms with E-state index in [4.69, 9.17) is 0 Å². The third kappa shape index (κ3) is 2.90. The normalized spacial score (nSPS) is 18.6. The Morgan fingerprint density at radius 2 is 2.17 bits per heavy atom. The zero-order valence-corrected chi connectivity index (χ0v) is 11.2. The smallest absolute Gasteiger partial charge is 0.227 e. The number of carbonyl (C=O) groups is 1. The van der Waals surface area contributed by atoms with E-state index in [-0.39, 0.29) is 11.4 Å². The van der Waals surface area contributed by atoms with Gasteiger partial charge in [0.2, 0.25) is 5.91 Å². The molecule has 0 unspecified atom stereocenters. The number of aryl methyl sites for hydroxylation is 1. The zero-order chi connectivity index (χ0) is 13.0. The molecule has 1 aliphatic carbocycles. The number of rotatable bonds is 4. The predicted molar refractivity (Wildman–Crippen MR) is 71.3 cm³/mol. The summed E-state index contributed by atoms with van der Waals surface area (Å²) in [6, 6.07) is 1.81. The first-order valence-corrected chi connectivity index (χ1v) is 6.62. The molecule has 0 spiro atoms. The first kappa shape index (κ1) is 13.1. The van der Waals surface area contributed by atoms with Crippen molar-refractivity contribution in [3.05, 3.63) is 12.3 Å². The van der Waals surface area contributed by atoms with E-state index in [2.05, 4.69) is 15.7 Å². The van der Waals surface area contributed by atoms with Crippen molar-refractivity contribution in [3.63, 3.8) is 0 Å². The summed E-state index contributed by atoms with van der Waals surface area (Å²) in [7, 11) is 3.78. The average molecular weight is 250 g/mol. The molecule has 1 saturated carbocycles. The Bertz CT molecular complexity index is 407. The number of amides is 1. The molecule has 0 aliphatic heterocycles. The van der Waals surface area contributed by atoms with Gasteiger partial charge < -0.3 is 10.6 Å². The fourth-order valence-electron chi connectivity index (χ4n) is 2.73. The molecule has 1 heterocycles. The number of anilines is 1. The average Bonchev–Trinajstić information content (AvgIpc) is 2.76. The van der Waals surface area contributed by atoms with Crippen LogP contribution in [0.5, 0.6) is 0 Å². The van der Waals surface area contributed by atoms with E-state index in [0.29, 0.717) is 6.42 Å². The van der Waals surface area contributed by atoms with E-state index in [9.17, 15) is 4.79 Å². The van der Waals surface area contributed by atoms with Gasteiger partial charge in [0, 0.05) is 25.1 Å². The second-order valence-electron chi connectivity index (χ2n) is 5.16. The summed E-state index contributed by atoms with van der Waals surface area (Å²) in [5, 5.41) is 10.3. The Hall–Kier alpha value is -1.36. The molecule has 0 radical (unpaired) electrons. The Balaban J connectivity index is 1.95. The SMILES string of the molecule is CNC1(CC(=O)Nc2ccnn2C)CCCCC1. The summed E-state index contributed by atoms with van der Waals surface area (Å²) in [5.41, 5.74) is -0.0130. The zero-order valence-electron chi connectivity index (χ0n) is 11.2. The number of nitrogens with zero attached hydrogens (tertiary/aromatic N) is 2. The van der Waals surface area contributed by atoms with Crippen LogP contribution < -0.4 is 10.6 Å². The lowest BCUT2D eigenvalue weighted by atomic mass is 9.79. The van der Waals surface area contributed by atoms with Gasteiger partial charge in [-0.3, -0.25) is 9.48 Å². The summed E-state index contributed by atoms with van der Waals surface area (Å²) >= 11 is 0. The van der Waals surface area contributed by atoms with E-state index in [1.54, 1.807) is 10.9 Å². The van der Waals surface area contributed by atoms with Gasteiger partial charge in [-0.15, -0.1) is 0 Å². The summed E-state index contributed by atoms with van der Waals surface area (Å²) in [6.07, 6.45) is 8.09. The second-order valence-corrected chi connectivity index (χ2v) is 5.16. The lowest BCUT2D eigenvalue weighted by Gasteiger charge is -2.36. The summed E-state index contributed by atoms with van der Waals surface area (Å²) < 4.78 is 1.67. The molecule has 2 rings (SSSR count). The van der Waals surface area contributed by atoms with Crippen LogP contribution >= 0.6 is 0 Å². The van der Waals surface area contributed by atoms with Crippen LogP contribution in [0.1, 0.15) is 38.5 Å². The number of hydrogen-bond acceptors (Lipinski definition) is 3. The van der Waals surface area contributed by atoms with Crippen molar-refractivity contribution in [3.8, 4) is 0 Å². The first-order valence-electron chi connectivity index (χ1n) is 6.62. The quantitative estimate of drug-likeness (QED) is 0.854. The molecule has 1 aromatic heterocycles. The fraction of sp³-hybridized carbons (Fsp3) is 0.692. The van der Waals surface area contributed by atoms with Gasteiger partial charge in [0.05, 0.1) is 6.20 Å². The maximum absolute atomic E-state index is 12.1. The van der Waals surface area contributed by atoms with Crippen LogP contribution in [0, 0.1) is 0 Å². The molecular formula is C13H22N4O. The monoisotopic (exact) mass is 250 g/mol. The van der Waals surface area contributed by atoms with E-state index in [1.807, 2.05) is 20.2 Å². The molecule has 1 amide bonds. The van der Waals surface area contributed by atoms with Gasteiger partial charge in [-0.05, 0) is 19.9 Å². The Morgan fingerprint density at radius 1 is 1.44 bits per heavy atom. The molecule has 18 heavy (non-hydrogen) atoms.